The first kappa shape index (κ1) is 24.1. The number of anilines is 2. The molecule has 1 saturated heterocycles. The second-order valence-corrected chi connectivity index (χ2v) is 9.44. The molecule has 1 unspecified atom stereocenters. The van der Waals surface area contributed by atoms with Gasteiger partial charge in [0.1, 0.15) is 29.0 Å². The Morgan fingerprint density at radius 2 is 2.08 bits per heavy atom. The Labute approximate surface area is 221 Å². The van der Waals surface area contributed by atoms with Crippen molar-refractivity contribution in [2.45, 2.75) is 26.0 Å². The number of pyridine rings is 2. The summed E-state index contributed by atoms with van der Waals surface area (Å²) in [6.45, 7) is 5.02. The Bertz CT molecular complexity index is 1500. The zero-order chi connectivity index (χ0) is 25.9. The first-order valence-electron chi connectivity index (χ1n) is 13.0. The summed E-state index contributed by atoms with van der Waals surface area (Å²) < 4.78 is 18.2. The van der Waals surface area contributed by atoms with Crippen LogP contribution in [0.1, 0.15) is 35.3 Å². The third-order valence-electron chi connectivity index (χ3n) is 6.91. The molecular weight excluding hydrogens is 480 g/mol. The van der Waals surface area contributed by atoms with E-state index in [0.717, 1.165) is 51.6 Å². The van der Waals surface area contributed by atoms with Crippen LogP contribution in [-0.4, -0.2) is 36.3 Å². The monoisotopic (exact) mass is 510 g/mol. The molecule has 194 valence electrons. The first-order chi connectivity index (χ1) is 18.7. The lowest BCUT2D eigenvalue weighted by Gasteiger charge is -2.35. The molecule has 2 N–H and O–H groups in total. The molecule has 38 heavy (non-hydrogen) atoms. The second kappa shape index (κ2) is 10.6. The van der Waals surface area contributed by atoms with Gasteiger partial charge >= 0.3 is 0 Å². The molecule has 0 amide bonds. The minimum atomic E-state index is -0.193. The van der Waals surface area contributed by atoms with Gasteiger partial charge < -0.3 is 29.4 Å². The van der Waals surface area contributed by atoms with E-state index in [-0.39, 0.29) is 11.7 Å². The maximum atomic E-state index is 12.4. The Morgan fingerprint density at radius 1 is 1.13 bits per heavy atom. The number of nitrogens with one attached hydrogen (secondary N) is 2. The fraction of sp³-hybridized carbons (Fsp3) is 0.267. The average molecular weight is 511 g/mol. The summed E-state index contributed by atoms with van der Waals surface area (Å²) in [5.74, 6) is 2.48. The molecule has 2 aliphatic rings. The van der Waals surface area contributed by atoms with E-state index in [4.69, 9.17) is 14.2 Å². The van der Waals surface area contributed by atoms with Crippen LogP contribution in [0.4, 0.5) is 11.4 Å². The summed E-state index contributed by atoms with van der Waals surface area (Å²) in [4.78, 5) is 21.5. The Hall–Kier alpha value is -4.30. The molecule has 1 fully saturated rings. The zero-order valence-corrected chi connectivity index (χ0v) is 21.3. The van der Waals surface area contributed by atoms with Gasteiger partial charge in [-0.1, -0.05) is 18.2 Å². The van der Waals surface area contributed by atoms with Gasteiger partial charge in [0.15, 0.2) is 0 Å². The second-order valence-electron chi connectivity index (χ2n) is 9.44. The standard InChI is InChI=1S/C30H30N4O4/c1-2-36-24-13-20(16-31-18-24)17-33-23-8-9-27-22(15-23)14-21-5-3-6-25(29(21)38-27)28-19-34(11-12-37-28)26-7-4-10-32-30(26)35/h3-10,13,15-16,18,28,33H,2,11-12,14,17,19H2,1H3,(H,32,35). The van der Waals surface area contributed by atoms with E-state index in [0.29, 0.717) is 38.5 Å². The number of aromatic amines is 1. The van der Waals surface area contributed by atoms with Crippen LogP contribution in [0, 0.1) is 0 Å². The summed E-state index contributed by atoms with van der Waals surface area (Å²) in [7, 11) is 0. The minimum Gasteiger partial charge on any atom is -0.492 e. The summed E-state index contributed by atoms with van der Waals surface area (Å²) >= 11 is 0. The summed E-state index contributed by atoms with van der Waals surface area (Å²) in [5.41, 5.74) is 5.91. The van der Waals surface area contributed by atoms with Crippen LogP contribution in [0.25, 0.3) is 0 Å². The third kappa shape index (κ3) is 4.95. The number of aromatic nitrogens is 2. The number of H-pyrrole nitrogens is 1. The van der Waals surface area contributed by atoms with Crippen LogP contribution in [0.3, 0.4) is 0 Å². The number of nitrogens with zero attached hydrogens (tertiary/aromatic N) is 2. The van der Waals surface area contributed by atoms with E-state index in [1.54, 1.807) is 12.4 Å². The molecule has 8 nitrogen and oxygen atoms in total. The lowest BCUT2D eigenvalue weighted by Crippen LogP contribution is -2.41. The Balaban J connectivity index is 1.18. The van der Waals surface area contributed by atoms with Gasteiger partial charge in [0.05, 0.1) is 19.4 Å². The van der Waals surface area contributed by atoms with E-state index in [1.165, 1.54) is 0 Å². The molecule has 1 atom stereocenters. The molecule has 2 aromatic heterocycles. The molecule has 8 heteroatoms. The van der Waals surface area contributed by atoms with Crippen molar-refractivity contribution < 1.29 is 14.2 Å². The van der Waals surface area contributed by atoms with Crippen molar-refractivity contribution in [2.75, 3.05) is 36.5 Å². The average Bonchev–Trinajstić information content (AvgIpc) is 2.95. The van der Waals surface area contributed by atoms with Crippen molar-refractivity contribution in [2.24, 2.45) is 0 Å². The topological polar surface area (TPSA) is 88.7 Å². The number of fused-ring (bicyclic) bond motifs is 2. The van der Waals surface area contributed by atoms with Crippen LogP contribution >= 0.6 is 0 Å². The number of ether oxygens (including phenoxy) is 3. The number of morpholine rings is 1. The van der Waals surface area contributed by atoms with Crippen LogP contribution in [0.5, 0.6) is 17.2 Å². The molecule has 0 aliphatic carbocycles. The summed E-state index contributed by atoms with van der Waals surface area (Å²) in [6, 6.07) is 18.1. The molecule has 2 aliphatic heterocycles. The summed E-state index contributed by atoms with van der Waals surface area (Å²) in [5, 5.41) is 3.49. The molecule has 6 rings (SSSR count). The summed E-state index contributed by atoms with van der Waals surface area (Å²) in [6.07, 6.45) is 5.80. The van der Waals surface area contributed by atoms with E-state index < -0.39 is 0 Å². The van der Waals surface area contributed by atoms with Crippen molar-refractivity contribution in [3.8, 4) is 17.2 Å². The van der Waals surface area contributed by atoms with E-state index >= 15 is 0 Å². The highest BCUT2D eigenvalue weighted by Crippen LogP contribution is 2.43. The highest BCUT2D eigenvalue weighted by molar-refractivity contribution is 5.59. The van der Waals surface area contributed by atoms with Gasteiger partial charge in [0.2, 0.25) is 0 Å². The van der Waals surface area contributed by atoms with Gasteiger partial charge in [0, 0.05) is 55.3 Å². The predicted molar refractivity (Wildman–Crippen MR) is 146 cm³/mol. The van der Waals surface area contributed by atoms with Crippen LogP contribution < -0.4 is 25.2 Å². The number of para-hydroxylation sites is 1. The number of hydrogen-bond acceptors (Lipinski definition) is 7. The molecule has 0 bridgehead atoms. The lowest BCUT2D eigenvalue weighted by molar-refractivity contribution is 0.0383. The molecule has 0 spiro atoms. The highest BCUT2D eigenvalue weighted by atomic mass is 16.5. The molecule has 0 radical (unpaired) electrons. The van der Waals surface area contributed by atoms with E-state index in [1.807, 2.05) is 43.5 Å². The van der Waals surface area contributed by atoms with Crippen molar-refractivity contribution in [3.63, 3.8) is 0 Å². The van der Waals surface area contributed by atoms with E-state index in [2.05, 4.69) is 44.5 Å². The normalized spacial score (nSPS) is 16.2. The quantitative estimate of drug-likeness (QED) is 0.317. The largest absolute Gasteiger partial charge is 0.492 e. The van der Waals surface area contributed by atoms with Gasteiger partial charge in [-0.25, -0.2) is 0 Å². The smallest absolute Gasteiger partial charge is 0.271 e. The maximum absolute atomic E-state index is 12.4. The lowest BCUT2D eigenvalue weighted by atomic mass is 9.95. The van der Waals surface area contributed by atoms with Gasteiger partial charge in [-0.2, -0.15) is 0 Å². The van der Waals surface area contributed by atoms with Crippen molar-refractivity contribution in [1.82, 2.24) is 9.97 Å². The molecule has 2 aromatic carbocycles. The maximum Gasteiger partial charge on any atom is 0.271 e. The van der Waals surface area contributed by atoms with Crippen LogP contribution in [0.2, 0.25) is 0 Å². The van der Waals surface area contributed by atoms with Gasteiger partial charge in [-0.05, 0) is 54.4 Å². The van der Waals surface area contributed by atoms with Crippen LogP contribution in [-0.2, 0) is 17.7 Å². The third-order valence-corrected chi connectivity index (χ3v) is 6.91. The molecule has 4 aromatic rings. The number of rotatable bonds is 7. The fourth-order valence-corrected chi connectivity index (χ4v) is 5.09. The van der Waals surface area contributed by atoms with E-state index in [9.17, 15) is 4.79 Å². The Kier molecular flexibility index (Phi) is 6.71. The van der Waals surface area contributed by atoms with Crippen molar-refractivity contribution in [1.29, 1.82) is 0 Å². The number of benzene rings is 2. The van der Waals surface area contributed by atoms with Crippen LogP contribution in [0.15, 0.2) is 78.0 Å². The highest BCUT2D eigenvalue weighted by Gasteiger charge is 2.29. The molecular formula is C30H30N4O4. The van der Waals surface area contributed by atoms with Crippen molar-refractivity contribution in [3.05, 3.63) is 106 Å². The minimum absolute atomic E-state index is 0.0870. The molecule has 0 saturated carbocycles. The van der Waals surface area contributed by atoms with Gasteiger partial charge in [-0.3, -0.25) is 9.78 Å². The molecule has 4 heterocycles. The van der Waals surface area contributed by atoms with Gasteiger partial charge in [-0.15, -0.1) is 0 Å². The number of hydrogen-bond donors (Lipinski definition) is 2. The predicted octanol–water partition coefficient (Wildman–Crippen LogP) is 5.06. The SMILES string of the molecule is CCOc1cncc(CNc2ccc3c(c2)Cc2cccc(C4CN(c5ccc[nH]c5=O)CCO4)c2O3)c1. The Morgan fingerprint density at radius 3 is 2.97 bits per heavy atom. The van der Waals surface area contributed by atoms with Crippen molar-refractivity contribution >= 4 is 11.4 Å². The zero-order valence-electron chi connectivity index (χ0n) is 21.3. The fourth-order valence-electron chi connectivity index (χ4n) is 5.09. The first-order valence-corrected chi connectivity index (χ1v) is 13.0. The van der Waals surface area contributed by atoms with Gasteiger partial charge in [0.25, 0.3) is 5.56 Å².